The van der Waals surface area contributed by atoms with Crippen molar-refractivity contribution in [1.29, 1.82) is 0 Å². The van der Waals surface area contributed by atoms with Crippen LogP contribution in [0, 0.1) is 0 Å². The van der Waals surface area contributed by atoms with Gasteiger partial charge in [-0.1, -0.05) is 48.5 Å². The highest BCUT2D eigenvalue weighted by molar-refractivity contribution is 7.89. The molecule has 1 heterocycles. The SMILES string of the molecule is COc1ccc(S(=O)(=O)NCC(c2ccccc2)c2c[nH]c3ccccc23)cc1OC. The first-order valence-corrected chi connectivity index (χ1v) is 11.3. The van der Waals surface area contributed by atoms with Crippen LogP contribution in [0.1, 0.15) is 17.0 Å². The van der Waals surface area contributed by atoms with E-state index in [4.69, 9.17) is 9.47 Å². The average molecular weight is 437 g/mol. The minimum atomic E-state index is -3.76. The van der Waals surface area contributed by atoms with Gasteiger partial charge in [0.1, 0.15) is 0 Å². The van der Waals surface area contributed by atoms with Gasteiger partial charge in [-0.25, -0.2) is 13.1 Å². The van der Waals surface area contributed by atoms with Gasteiger partial charge in [-0.3, -0.25) is 0 Å². The summed E-state index contributed by atoms with van der Waals surface area (Å²) in [7, 11) is -0.775. The lowest BCUT2D eigenvalue weighted by Crippen LogP contribution is -2.29. The number of sulfonamides is 1. The maximum Gasteiger partial charge on any atom is 0.240 e. The number of rotatable bonds is 8. The Labute approximate surface area is 181 Å². The predicted octanol–water partition coefficient (Wildman–Crippen LogP) is 4.30. The molecule has 2 N–H and O–H groups in total. The molecule has 160 valence electrons. The molecule has 7 heteroatoms. The average Bonchev–Trinajstić information content (AvgIpc) is 3.23. The molecule has 31 heavy (non-hydrogen) atoms. The lowest BCUT2D eigenvalue weighted by Gasteiger charge is -2.18. The monoisotopic (exact) mass is 436 g/mol. The lowest BCUT2D eigenvalue weighted by atomic mass is 9.91. The van der Waals surface area contributed by atoms with E-state index in [0.29, 0.717) is 11.5 Å². The van der Waals surface area contributed by atoms with Crippen molar-refractivity contribution in [1.82, 2.24) is 9.71 Å². The van der Waals surface area contributed by atoms with E-state index in [-0.39, 0.29) is 17.4 Å². The third kappa shape index (κ3) is 4.28. The van der Waals surface area contributed by atoms with Gasteiger partial charge in [0.2, 0.25) is 10.0 Å². The zero-order valence-electron chi connectivity index (χ0n) is 17.3. The number of hydrogen-bond acceptors (Lipinski definition) is 4. The second-order valence-electron chi connectivity index (χ2n) is 7.12. The number of aromatic nitrogens is 1. The molecule has 0 aliphatic rings. The number of para-hydroxylation sites is 1. The fraction of sp³-hybridized carbons (Fsp3) is 0.167. The van der Waals surface area contributed by atoms with Crippen molar-refractivity contribution >= 4 is 20.9 Å². The molecule has 1 aromatic heterocycles. The second kappa shape index (κ2) is 8.83. The number of H-pyrrole nitrogens is 1. The Hall–Kier alpha value is -3.29. The van der Waals surface area contributed by atoms with Crippen LogP contribution in [0.25, 0.3) is 10.9 Å². The standard InChI is InChI=1S/C24H24N2O4S/c1-29-23-13-12-18(14-24(23)30-2)31(27,28)26-16-20(17-8-4-3-5-9-17)21-15-25-22-11-7-6-10-19(21)22/h3-15,20,25-26H,16H2,1-2H3. The van der Waals surface area contributed by atoms with E-state index in [1.54, 1.807) is 6.07 Å². The van der Waals surface area contributed by atoms with E-state index in [0.717, 1.165) is 22.0 Å². The number of methoxy groups -OCH3 is 2. The molecule has 0 aliphatic heterocycles. The van der Waals surface area contributed by atoms with Crippen molar-refractivity contribution in [2.24, 2.45) is 0 Å². The predicted molar refractivity (Wildman–Crippen MR) is 121 cm³/mol. The van der Waals surface area contributed by atoms with E-state index in [9.17, 15) is 8.42 Å². The Morgan fingerprint density at radius 1 is 0.903 bits per heavy atom. The van der Waals surface area contributed by atoms with Crippen molar-refractivity contribution in [3.8, 4) is 11.5 Å². The van der Waals surface area contributed by atoms with E-state index in [1.807, 2.05) is 60.8 Å². The molecule has 4 rings (SSSR count). The Morgan fingerprint density at radius 3 is 2.35 bits per heavy atom. The van der Waals surface area contributed by atoms with Crippen LogP contribution in [-0.4, -0.2) is 34.2 Å². The highest BCUT2D eigenvalue weighted by atomic mass is 32.2. The first-order valence-electron chi connectivity index (χ1n) is 9.86. The van der Waals surface area contributed by atoms with Crippen molar-refractivity contribution in [3.05, 3.63) is 90.1 Å². The highest BCUT2D eigenvalue weighted by Gasteiger charge is 2.23. The van der Waals surface area contributed by atoms with Crippen LogP contribution < -0.4 is 14.2 Å². The van der Waals surface area contributed by atoms with Crippen LogP contribution in [0.15, 0.2) is 83.9 Å². The largest absolute Gasteiger partial charge is 0.493 e. The summed E-state index contributed by atoms with van der Waals surface area (Å²) in [5.74, 6) is 0.677. The summed E-state index contributed by atoms with van der Waals surface area (Å²) in [6.45, 7) is 0.211. The number of benzene rings is 3. The summed E-state index contributed by atoms with van der Waals surface area (Å²) >= 11 is 0. The van der Waals surface area contributed by atoms with E-state index in [1.165, 1.54) is 26.4 Å². The Morgan fingerprint density at radius 2 is 1.61 bits per heavy atom. The van der Waals surface area contributed by atoms with Gasteiger partial charge >= 0.3 is 0 Å². The highest BCUT2D eigenvalue weighted by Crippen LogP contribution is 2.32. The first-order chi connectivity index (χ1) is 15.0. The maximum absolute atomic E-state index is 13.1. The molecule has 1 unspecified atom stereocenters. The number of nitrogens with one attached hydrogen (secondary N) is 2. The number of fused-ring (bicyclic) bond motifs is 1. The molecule has 0 radical (unpaired) electrons. The van der Waals surface area contributed by atoms with Crippen LogP contribution in [0.5, 0.6) is 11.5 Å². The Kier molecular flexibility index (Phi) is 5.97. The third-order valence-electron chi connectivity index (χ3n) is 5.34. The third-order valence-corrected chi connectivity index (χ3v) is 6.76. The van der Waals surface area contributed by atoms with Crippen LogP contribution in [-0.2, 0) is 10.0 Å². The number of hydrogen-bond donors (Lipinski definition) is 2. The Balaban J connectivity index is 1.67. The van der Waals surface area contributed by atoms with Crippen LogP contribution >= 0.6 is 0 Å². The topological polar surface area (TPSA) is 80.4 Å². The molecule has 3 aromatic carbocycles. The van der Waals surface area contributed by atoms with Crippen LogP contribution in [0.4, 0.5) is 0 Å². The maximum atomic E-state index is 13.1. The van der Waals surface area contributed by atoms with Crippen LogP contribution in [0.2, 0.25) is 0 Å². The zero-order valence-corrected chi connectivity index (χ0v) is 18.1. The van der Waals surface area contributed by atoms with Crippen LogP contribution in [0.3, 0.4) is 0 Å². The van der Waals surface area contributed by atoms with Gasteiger partial charge in [0.05, 0.1) is 19.1 Å². The van der Waals surface area contributed by atoms with Gasteiger partial charge in [-0.2, -0.15) is 0 Å². The molecule has 1 atom stereocenters. The lowest BCUT2D eigenvalue weighted by molar-refractivity contribution is 0.354. The molecular weight excluding hydrogens is 412 g/mol. The molecule has 0 aliphatic carbocycles. The second-order valence-corrected chi connectivity index (χ2v) is 8.89. The summed E-state index contributed by atoms with van der Waals surface area (Å²) in [5.41, 5.74) is 3.08. The molecule has 0 saturated carbocycles. The Bertz CT molecular complexity index is 1280. The van der Waals surface area contributed by atoms with Gasteiger partial charge < -0.3 is 14.5 Å². The van der Waals surface area contributed by atoms with Crippen molar-refractivity contribution in [3.63, 3.8) is 0 Å². The fourth-order valence-electron chi connectivity index (χ4n) is 3.74. The van der Waals surface area contributed by atoms with Crippen molar-refractivity contribution in [2.45, 2.75) is 10.8 Å². The molecule has 0 amide bonds. The molecular formula is C24H24N2O4S. The molecule has 0 bridgehead atoms. The first kappa shape index (κ1) is 21.0. The minimum absolute atomic E-state index is 0.121. The summed E-state index contributed by atoms with van der Waals surface area (Å²) in [6.07, 6.45) is 1.95. The zero-order chi connectivity index (χ0) is 21.8. The normalized spacial score (nSPS) is 12.6. The minimum Gasteiger partial charge on any atom is -0.493 e. The quantitative estimate of drug-likeness (QED) is 0.432. The summed E-state index contributed by atoms with van der Waals surface area (Å²) < 4.78 is 39.3. The summed E-state index contributed by atoms with van der Waals surface area (Å²) in [6, 6.07) is 22.4. The fourth-order valence-corrected chi connectivity index (χ4v) is 4.80. The van der Waals surface area contributed by atoms with E-state index >= 15 is 0 Å². The molecule has 0 spiro atoms. The number of aromatic amines is 1. The van der Waals surface area contributed by atoms with Crippen molar-refractivity contribution < 1.29 is 17.9 Å². The van der Waals surface area contributed by atoms with Gasteiger partial charge in [0.15, 0.2) is 11.5 Å². The molecule has 4 aromatic rings. The van der Waals surface area contributed by atoms with Gasteiger partial charge in [-0.15, -0.1) is 0 Å². The van der Waals surface area contributed by atoms with Gasteiger partial charge in [0.25, 0.3) is 0 Å². The van der Waals surface area contributed by atoms with E-state index < -0.39 is 10.0 Å². The summed E-state index contributed by atoms with van der Waals surface area (Å²) in [5, 5.41) is 1.07. The van der Waals surface area contributed by atoms with Crippen molar-refractivity contribution in [2.75, 3.05) is 20.8 Å². The van der Waals surface area contributed by atoms with Gasteiger partial charge in [0, 0.05) is 35.6 Å². The molecule has 6 nitrogen and oxygen atoms in total. The molecule has 0 fully saturated rings. The van der Waals surface area contributed by atoms with E-state index in [2.05, 4.69) is 9.71 Å². The van der Waals surface area contributed by atoms with Gasteiger partial charge in [-0.05, 0) is 29.3 Å². The smallest absolute Gasteiger partial charge is 0.240 e. The molecule has 0 saturated heterocycles. The number of ether oxygens (including phenoxy) is 2. The summed E-state index contributed by atoms with van der Waals surface area (Å²) in [4.78, 5) is 3.41.